The maximum absolute atomic E-state index is 13.6. The van der Waals surface area contributed by atoms with Crippen LogP contribution >= 0.6 is 24.0 Å². The van der Waals surface area contributed by atoms with Crippen molar-refractivity contribution in [3.8, 4) is 28.4 Å². The molecule has 0 atom stereocenters. The van der Waals surface area contributed by atoms with Crippen LogP contribution in [0.25, 0.3) is 23.0 Å². The third kappa shape index (κ3) is 5.70. The van der Waals surface area contributed by atoms with E-state index in [0.29, 0.717) is 57.2 Å². The monoisotopic (exact) mass is 632 g/mol. The standard InChI is InChI=1S/C31H28N4O5S3/c1-3-33(4-2)43(37,38)25-12-8-9-22(16-25)29-23(19-35(32-29)24-10-6-5-7-11-24)17-28-30(36)34(31(41)42-28)18-21-13-14-26-27(15-21)40-20-39-26/h5-17,19H,3-4,18,20H2,1-2H3/b28-17-. The molecule has 0 N–H and O–H groups in total. The highest BCUT2D eigenvalue weighted by molar-refractivity contribution is 8.26. The van der Waals surface area contributed by atoms with Crippen LogP contribution in [0.3, 0.4) is 0 Å². The van der Waals surface area contributed by atoms with Gasteiger partial charge >= 0.3 is 0 Å². The van der Waals surface area contributed by atoms with Crippen molar-refractivity contribution in [2.24, 2.45) is 0 Å². The quantitative estimate of drug-likeness (QED) is 0.171. The third-order valence-corrected chi connectivity index (χ3v) is 10.6. The first-order valence-electron chi connectivity index (χ1n) is 13.7. The van der Waals surface area contributed by atoms with E-state index in [4.69, 9.17) is 26.8 Å². The Morgan fingerprint density at radius 3 is 2.53 bits per heavy atom. The van der Waals surface area contributed by atoms with Gasteiger partial charge < -0.3 is 9.47 Å². The number of sulfonamides is 1. The predicted molar refractivity (Wildman–Crippen MR) is 170 cm³/mol. The summed E-state index contributed by atoms with van der Waals surface area (Å²) in [6.45, 7) is 4.82. The number of fused-ring (bicyclic) bond motifs is 1. The number of aromatic nitrogens is 2. The van der Waals surface area contributed by atoms with Crippen LogP contribution in [0.4, 0.5) is 0 Å². The van der Waals surface area contributed by atoms with Crippen molar-refractivity contribution in [1.29, 1.82) is 0 Å². The summed E-state index contributed by atoms with van der Waals surface area (Å²) in [5.41, 5.74) is 3.51. The van der Waals surface area contributed by atoms with Crippen molar-refractivity contribution in [2.75, 3.05) is 19.9 Å². The summed E-state index contributed by atoms with van der Waals surface area (Å²) < 4.78 is 41.1. The normalized spacial score (nSPS) is 15.7. The number of hydrogen-bond acceptors (Lipinski definition) is 8. The Morgan fingerprint density at radius 1 is 1.00 bits per heavy atom. The predicted octanol–water partition coefficient (Wildman–Crippen LogP) is 5.70. The fraction of sp³-hybridized carbons (Fsp3) is 0.194. The van der Waals surface area contributed by atoms with E-state index in [1.807, 2.05) is 74.6 Å². The molecule has 1 amide bonds. The van der Waals surface area contributed by atoms with Crippen molar-refractivity contribution in [1.82, 2.24) is 19.0 Å². The van der Waals surface area contributed by atoms with Gasteiger partial charge in [0.25, 0.3) is 5.91 Å². The van der Waals surface area contributed by atoms with Gasteiger partial charge in [-0.05, 0) is 48.0 Å². The minimum absolute atomic E-state index is 0.173. The average molecular weight is 633 g/mol. The Kier molecular flexibility index (Phi) is 8.10. The van der Waals surface area contributed by atoms with Gasteiger partial charge in [0.1, 0.15) is 10.0 Å². The molecule has 1 saturated heterocycles. The SMILES string of the molecule is CCN(CC)S(=O)(=O)c1cccc(-c2nn(-c3ccccc3)cc2/C=C2\SC(=S)N(Cc3ccc4c(c3)OCO4)C2=O)c1. The zero-order valence-corrected chi connectivity index (χ0v) is 25.9. The molecule has 12 heteroatoms. The first-order chi connectivity index (χ1) is 20.8. The largest absolute Gasteiger partial charge is 0.454 e. The Morgan fingerprint density at radius 2 is 1.77 bits per heavy atom. The van der Waals surface area contributed by atoms with Crippen molar-refractivity contribution in [3.63, 3.8) is 0 Å². The highest BCUT2D eigenvalue weighted by Gasteiger charge is 2.33. The molecule has 9 nitrogen and oxygen atoms in total. The molecule has 0 aliphatic carbocycles. The number of ether oxygens (including phenoxy) is 2. The van der Waals surface area contributed by atoms with Gasteiger partial charge in [0.05, 0.1) is 22.0 Å². The summed E-state index contributed by atoms with van der Waals surface area (Å²) in [6.07, 6.45) is 3.60. The number of hydrogen-bond donors (Lipinski definition) is 0. The average Bonchev–Trinajstić information content (AvgIpc) is 3.73. The molecule has 6 rings (SSSR count). The van der Waals surface area contributed by atoms with Gasteiger partial charge in [-0.1, -0.05) is 74.2 Å². The number of thiocarbonyl (C=S) groups is 1. The summed E-state index contributed by atoms with van der Waals surface area (Å²) in [7, 11) is -3.68. The van der Waals surface area contributed by atoms with Gasteiger partial charge in [0, 0.05) is 30.4 Å². The zero-order chi connectivity index (χ0) is 30.1. The number of rotatable bonds is 9. The molecule has 0 radical (unpaired) electrons. The second-order valence-electron chi connectivity index (χ2n) is 9.79. The van der Waals surface area contributed by atoms with Gasteiger partial charge in [0.15, 0.2) is 11.5 Å². The lowest BCUT2D eigenvalue weighted by molar-refractivity contribution is -0.122. The summed E-state index contributed by atoms with van der Waals surface area (Å²) in [6, 6.07) is 21.9. The van der Waals surface area contributed by atoms with Crippen molar-refractivity contribution >= 4 is 50.3 Å². The van der Waals surface area contributed by atoms with E-state index in [1.54, 1.807) is 33.9 Å². The highest BCUT2D eigenvalue weighted by atomic mass is 32.2. The summed E-state index contributed by atoms with van der Waals surface area (Å²) in [5.74, 6) is 1.09. The molecule has 2 aliphatic rings. The number of thioether (sulfide) groups is 1. The van der Waals surface area contributed by atoms with Gasteiger partial charge in [0.2, 0.25) is 16.8 Å². The minimum atomic E-state index is -3.68. The summed E-state index contributed by atoms with van der Waals surface area (Å²) >= 11 is 6.82. The van der Waals surface area contributed by atoms with Crippen molar-refractivity contribution in [3.05, 3.63) is 95.0 Å². The van der Waals surface area contributed by atoms with Crippen LogP contribution in [0.2, 0.25) is 0 Å². The van der Waals surface area contributed by atoms with Gasteiger partial charge in [-0.15, -0.1) is 0 Å². The Balaban J connectivity index is 1.37. The van der Waals surface area contributed by atoms with E-state index in [0.717, 1.165) is 11.3 Å². The first kappa shape index (κ1) is 29.1. The fourth-order valence-corrected chi connectivity index (χ4v) is 7.70. The number of nitrogens with zero attached hydrogens (tertiary/aromatic N) is 4. The maximum atomic E-state index is 13.6. The minimum Gasteiger partial charge on any atom is -0.454 e. The van der Waals surface area contributed by atoms with E-state index in [2.05, 4.69) is 0 Å². The smallest absolute Gasteiger partial charge is 0.266 e. The Bertz CT molecular complexity index is 1850. The van der Waals surface area contributed by atoms with Crippen LogP contribution in [0.15, 0.2) is 88.8 Å². The maximum Gasteiger partial charge on any atom is 0.266 e. The van der Waals surface area contributed by atoms with Crippen LogP contribution in [0.1, 0.15) is 25.0 Å². The Labute approximate surface area is 259 Å². The molecule has 3 aromatic carbocycles. The third-order valence-electron chi connectivity index (χ3n) is 7.15. The molecular formula is C31H28N4O5S3. The second kappa shape index (κ2) is 12.0. The topological polar surface area (TPSA) is 94.0 Å². The lowest BCUT2D eigenvalue weighted by atomic mass is 10.1. The van der Waals surface area contributed by atoms with Crippen LogP contribution in [-0.4, -0.2) is 57.5 Å². The second-order valence-corrected chi connectivity index (χ2v) is 13.4. The molecule has 1 fully saturated rings. The van der Waals surface area contributed by atoms with E-state index in [9.17, 15) is 13.2 Å². The highest BCUT2D eigenvalue weighted by Crippen LogP contribution is 2.38. The van der Waals surface area contributed by atoms with E-state index < -0.39 is 10.0 Å². The lowest BCUT2D eigenvalue weighted by Gasteiger charge is -2.18. The summed E-state index contributed by atoms with van der Waals surface area (Å²) in [5, 5.41) is 4.84. The molecule has 43 heavy (non-hydrogen) atoms. The molecule has 3 heterocycles. The first-order valence-corrected chi connectivity index (χ1v) is 16.3. The van der Waals surface area contributed by atoms with Gasteiger partial charge in [-0.3, -0.25) is 9.69 Å². The molecule has 2 aliphatic heterocycles. The molecule has 0 saturated carbocycles. The van der Waals surface area contributed by atoms with E-state index in [-0.39, 0.29) is 17.6 Å². The van der Waals surface area contributed by atoms with Crippen molar-refractivity contribution < 1.29 is 22.7 Å². The van der Waals surface area contributed by atoms with E-state index in [1.165, 1.54) is 16.1 Å². The molecular weight excluding hydrogens is 605 g/mol. The molecule has 0 bridgehead atoms. The molecule has 220 valence electrons. The Hall–Kier alpha value is -3.97. The van der Waals surface area contributed by atoms with Crippen LogP contribution in [-0.2, 0) is 21.4 Å². The van der Waals surface area contributed by atoms with Gasteiger partial charge in [-0.2, -0.15) is 9.40 Å². The zero-order valence-electron chi connectivity index (χ0n) is 23.5. The number of benzene rings is 3. The molecule has 1 aromatic heterocycles. The molecule has 4 aromatic rings. The lowest BCUT2D eigenvalue weighted by Crippen LogP contribution is -2.30. The van der Waals surface area contributed by atoms with Crippen LogP contribution in [0.5, 0.6) is 11.5 Å². The number of amides is 1. The van der Waals surface area contributed by atoms with Crippen LogP contribution < -0.4 is 9.47 Å². The molecule has 0 spiro atoms. The van der Waals surface area contributed by atoms with Crippen molar-refractivity contribution in [2.45, 2.75) is 25.3 Å². The number of para-hydroxylation sites is 1. The number of carbonyl (C=O) groups is 1. The van der Waals surface area contributed by atoms with Crippen LogP contribution in [0, 0.1) is 0 Å². The van der Waals surface area contributed by atoms with E-state index >= 15 is 0 Å². The fourth-order valence-electron chi connectivity index (χ4n) is 4.95. The van der Waals surface area contributed by atoms with Gasteiger partial charge in [-0.25, -0.2) is 13.1 Å². The summed E-state index contributed by atoms with van der Waals surface area (Å²) in [4.78, 5) is 15.8. The number of carbonyl (C=O) groups excluding carboxylic acids is 1. The molecule has 0 unspecified atom stereocenters.